The largest absolute Gasteiger partial charge is 0.442 e. The zero-order valence-electron chi connectivity index (χ0n) is 18.3. The third-order valence-corrected chi connectivity index (χ3v) is 7.21. The Labute approximate surface area is 201 Å². The van der Waals surface area contributed by atoms with E-state index in [1.165, 1.54) is 16.2 Å². The summed E-state index contributed by atoms with van der Waals surface area (Å²) in [5, 5.41) is 5.84. The first kappa shape index (κ1) is 23.7. The van der Waals surface area contributed by atoms with Crippen LogP contribution in [-0.4, -0.2) is 78.1 Å². The van der Waals surface area contributed by atoms with Gasteiger partial charge >= 0.3 is 6.09 Å². The number of amides is 3. The standard InChI is InChI=1S/C22H28ClN5O4S/c1-2-20(29)26-16-9-14(3-4-17(16)27-8-7-13(24)11-27)28-12-15(32-22(28)31)10-25-21(30)18-5-6-19(23)33-18/h3-6,9,13,15-17H,2,7-8,10-12,24H2,1H3,(H,25,30)(H,26,29). The van der Waals surface area contributed by atoms with Crippen molar-refractivity contribution in [3.63, 3.8) is 0 Å². The van der Waals surface area contributed by atoms with Gasteiger partial charge in [0.1, 0.15) is 6.10 Å². The Bertz CT molecular complexity index is 980. The number of cyclic esters (lactones) is 1. The molecule has 3 aliphatic rings. The van der Waals surface area contributed by atoms with Crippen molar-refractivity contribution in [2.45, 2.75) is 44.0 Å². The zero-order valence-corrected chi connectivity index (χ0v) is 19.9. The van der Waals surface area contributed by atoms with Crippen LogP contribution in [0.1, 0.15) is 29.4 Å². The molecular weight excluding hydrogens is 466 g/mol. The molecule has 9 nitrogen and oxygen atoms in total. The van der Waals surface area contributed by atoms with Crippen molar-refractivity contribution in [1.82, 2.24) is 20.4 Å². The molecule has 11 heteroatoms. The molecule has 0 spiro atoms. The van der Waals surface area contributed by atoms with Gasteiger partial charge < -0.3 is 21.1 Å². The molecule has 4 atom stereocenters. The second-order valence-corrected chi connectivity index (χ2v) is 10.1. The molecule has 2 fully saturated rings. The van der Waals surface area contributed by atoms with Gasteiger partial charge in [0.05, 0.1) is 34.4 Å². The van der Waals surface area contributed by atoms with Crippen LogP contribution in [0.15, 0.2) is 36.1 Å². The van der Waals surface area contributed by atoms with Crippen LogP contribution in [0.4, 0.5) is 4.79 Å². The Balaban J connectivity index is 1.40. The number of thiophene rings is 1. The number of nitrogens with two attached hydrogens (primary N) is 1. The van der Waals surface area contributed by atoms with Gasteiger partial charge in [0.2, 0.25) is 5.91 Å². The number of nitrogens with one attached hydrogen (secondary N) is 2. The van der Waals surface area contributed by atoms with Gasteiger partial charge in [-0.15, -0.1) is 11.3 Å². The lowest BCUT2D eigenvalue weighted by molar-refractivity contribution is -0.121. The highest BCUT2D eigenvalue weighted by molar-refractivity contribution is 7.18. The van der Waals surface area contributed by atoms with E-state index in [2.05, 4.69) is 15.5 Å². The number of likely N-dealkylation sites (tertiary alicyclic amines) is 1. The summed E-state index contributed by atoms with van der Waals surface area (Å²) in [6.45, 7) is 3.92. The van der Waals surface area contributed by atoms with Crippen molar-refractivity contribution in [3.05, 3.63) is 45.3 Å². The van der Waals surface area contributed by atoms with Crippen LogP contribution in [0.25, 0.3) is 0 Å². The van der Waals surface area contributed by atoms with Gasteiger partial charge in [-0.05, 0) is 30.7 Å². The van der Waals surface area contributed by atoms with Crippen molar-refractivity contribution in [2.24, 2.45) is 5.73 Å². The maximum atomic E-state index is 12.6. The summed E-state index contributed by atoms with van der Waals surface area (Å²) in [5.74, 6) is -0.315. The average Bonchev–Trinajstić information content (AvgIpc) is 3.52. The van der Waals surface area contributed by atoms with E-state index in [-0.39, 0.29) is 36.5 Å². The number of carbonyl (C=O) groups excluding carboxylic acids is 3. The number of hydrogen-bond acceptors (Lipinski definition) is 7. The molecule has 3 amide bonds. The minimum absolute atomic E-state index is 0.0240. The molecule has 1 aliphatic carbocycles. The van der Waals surface area contributed by atoms with Gasteiger partial charge in [-0.2, -0.15) is 0 Å². The van der Waals surface area contributed by atoms with Gasteiger partial charge in [0, 0.05) is 31.2 Å². The second-order valence-electron chi connectivity index (χ2n) is 8.36. The molecule has 4 unspecified atom stereocenters. The van der Waals surface area contributed by atoms with Crippen LogP contribution in [-0.2, 0) is 9.53 Å². The normalized spacial score (nSPS) is 27.4. The first-order valence-corrected chi connectivity index (χ1v) is 12.2. The number of allylic oxidation sites excluding steroid dienone is 1. The van der Waals surface area contributed by atoms with Gasteiger partial charge in [0.15, 0.2) is 0 Å². The fourth-order valence-corrected chi connectivity index (χ4v) is 5.21. The molecule has 0 bridgehead atoms. The van der Waals surface area contributed by atoms with Crippen molar-refractivity contribution in [1.29, 1.82) is 0 Å². The van der Waals surface area contributed by atoms with Crippen molar-refractivity contribution in [3.8, 4) is 0 Å². The van der Waals surface area contributed by atoms with E-state index in [0.29, 0.717) is 27.9 Å². The highest BCUT2D eigenvalue weighted by Gasteiger charge is 2.37. The van der Waals surface area contributed by atoms with Crippen LogP contribution in [0.3, 0.4) is 0 Å². The van der Waals surface area contributed by atoms with E-state index in [4.69, 9.17) is 22.1 Å². The molecule has 2 saturated heterocycles. The smallest absolute Gasteiger partial charge is 0.414 e. The van der Waals surface area contributed by atoms with Crippen molar-refractivity contribution in [2.75, 3.05) is 26.2 Å². The van der Waals surface area contributed by atoms with Crippen LogP contribution < -0.4 is 16.4 Å². The van der Waals surface area contributed by atoms with E-state index in [9.17, 15) is 14.4 Å². The first-order chi connectivity index (χ1) is 15.8. The van der Waals surface area contributed by atoms with Gasteiger partial charge in [-0.3, -0.25) is 19.4 Å². The monoisotopic (exact) mass is 493 g/mol. The second kappa shape index (κ2) is 10.3. The van der Waals surface area contributed by atoms with Crippen molar-refractivity contribution >= 4 is 40.8 Å². The Morgan fingerprint density at radius 1 is 1.33 bits per heavy atom. The van der Waals surface area contributed by atoms with E-state index in [0.717, 1.165) is 19.5 Å². The number of hydrogen-bond donors (Lipinski definition) is 3. The molecule has 4 rings (SSSR count). The molecule has 33 heavy (non-hydrogen) atoms. The lowest BCUT2D eigenvalue weighted by Gasteiger charge is -2.35. The quantitative estimate of drug-likeness (QED) is 0.532. The predicted octanol–water partition coefficient (Wildman–Crippen LogP) is 1.70. The summed E-state index contributed by atoms with van der Waals surface area (Å²) >= 11 is 7.07. The van der Waals surface area contributed by atoms with E-state index in [1.54, 1.807) is 19.1 Å². The van der Waals surface area contributed by atoms with E-state index >= 15 is 0 Å². The minimum atomic E-state index is -0.482. The Kier molecular flexibility index (Phi) is 7.38. The molecule has 178 valence electrons. The number of carbonyl (C=O) groups is 3. The van der Waals surface area contributed by atoms with E-state index < -0.39 is 12.2 Å². The third-order valence-electron chi connectivity index (χ3n) is 5.98. The summed E-state index contributed by atoms with van der Waals surface area (Å²) < 4.78 is 5.99. The fourth-order valence-electron chi connectivity index (χ4n) is 4.25. The van der Waals surface area contributed by atoms with Gasteiger partial charge in [-0.25, -0.2) is 4.79 Å². The molecular formula is C22H28ClN5O4S. The number of ether oxygens (including phenoxy) is 1. The third kappa shape index (κ3) is 5.57. The summed E-state index contributed by atoms with van der Waals surface area (Å²) in [6.07, 6.45) is 6.13. The summed E-state index contributed by atoms with van der Waals surface area (Å²) in [6, 6.07) is 3.14. The summed E-state index contributed by atoms with van der Waals surface area (Å²) in [7, 11) is 0. The topological polar surface area (TPSA) is 117 Å². The predicted molar refractivity (Wildman–Crippen MR) is 126 cm³/mol. The summed E-state index contributed by atoms with van der Waals surface area (Å²) in [5.41, 5.74) is 6.75. The molecule has 0 aromatic carbocycles. The average molecular weight is 494 g/mol. The Hall–Kier alpha value is -2.40. The highest BCUT2D eigenvalue weighted by Crippen LogP contribution is 2.26. The molecule has 4 N–H and O–H groups in total. The van der Waals surface area contributed by atoms with Crippen LogP contribution >= 0.6 is 22.9 Å². The number of nitrogens with zero attached hydrogens (tertiary/aromatic N) is 2. The Morgan fingerprint density at radius 3 is 2.82 bits per heavy atom. The number of halogens is 1. The lowest BCUT2D eigenvalue weighted by atomic mass is 9.98. The first-order valence-electron chi connectivity index (χ1n) is 11.0. The number of rotatable bonds is 7. The molecule has 1 aromatic rings. The van der Waals surface area contributed by atoms with Crippen LogP contribution in [0, 0.1) is 0 Å². The highest BCUT2D eigenvalue weighted by atomic mass is 35.5. The summed E-state index contributed by atoms with van der Waals surface area (Å²) in [4.78, 5) is 41.3. The Morgan fingerprint density at radius 2 is 2.15 bits per heavy atom. The molecule has 2 aliphatic heterocycles. The fraction of sp³-hybridized carbons (Fsp3) is 0.500. The van der Waals surface area contributed by atoms with Crippen molar-refractivity contribution < 1.29 is 19.1 Å². The minimum Gasteiger partial charge on any atom is -0.442 e. The maximum Gasteiger partial charge on any atom is 0.414 e. The molecule has 0 saturated carbocycles. The lowest BCUT2D eigenvalue weighted by Crippen LogP contribution is -2.51. The molecule has 3 heterocycles. The van der Waals surface area contributed by atoms with E-state index in [1.807, 2.05) is 18.2 Å². The van der Waals surface area contributed by atoms with Gasteiger partial charge in [-0.1, -0.05) is 24.6 Å². The zero-order chi connectivity index (χ0) is 23.5. The maximum absolute atomic E-state index is 12.6. The SMILES string of the molecule is CCC(=O)NC1C=C(N2CC(CNC(=O)c3ccc(Cl)s3)OC2=O)C=CC1N1CCC(N)C1. The molecule has 1 aromatic heterocycles. The van der Waals surface area contributed by atoms with Crippen LogP contribution in [0.2, 0.25) is 4.34 Å². The van der Waals surface area contributed by atoms with Crippen LogP contribution in [0.5, 0.6) is 0 Å². The molecule has 0 radical (unpaired) electrons. The van der Waals surface area contributed by atoms with Gasteiger partial charge in [0.25, 0.3) is 5.91 Å².